The molecule has 0 saturated heterocycles. The van der Waals surface area contributed by atoms with Crippen molar-refractivity contribution in [1.82, 2.24) is 0 Å². The van der Waals surface area contributed by atoms with E-state index in [0.717, 1.165) is 24.0 Å². The summed E-state index contributed by atoms with van der Waals surface area (Å²) < 4.78 is 28.5. The summed E-state index contributed by atoms with van der Waals surface area (Å²) in [5.74, 6) is -0.704. The van der Waals surface area contributed by atoms with Crippen molar-refractivity contribution in [2.24, 2.45) is 0 Å². The lowest BCUT2D eigenvalue weighted by atomic mass is 9.85. The first kappa shape index (κ1) is 10.9. The summed E-state index contributed by atoms with van der Waals surface area (Å²) in [6, 6.07) is 8.18. The standard InChI is InChI=1S/C14H9BrF2/c15-10-6-9-5-4-8-2-1-3-11(16)13(8)14(9)12(17)7-10/h1-3,6-7H,4-5H2. The molecule has 0 saturated carbocycles. The van der Waals surface area contributed by atoms with Gasteiger partial charge in [-0.3, -0.25) is 0 Å². The third-order valence-electron chi connectivity index (χ3n) is 3.15. The van der Waals surface area contributed by atoms with Crippen LogP contribution in [0, 0.1) is 11.6 Å². The summed E-state index contributed by atoms with van der Waals surface area (Å²) in [6.07, 6.45) is 1.51. The van der Waals surface area contributed by atoms with Crippen LogP contribution in [0.2, 0.25) is 0 Å². The predicted molar refractivity (Wildman–Crippen MR) is 66.9 cm³/mol. The molecule has 1 aliphatic carbocycles. The van der Waals surface area contributed by atoms with Gasteiger partial charge in [-0.1, -0.05) is 28.1 Å². The Morgan fingerprint density at radius 2 is 1.59 bits per heavy atom. The summed E-state index contributed by atoms with van der Waals surface area (Å²) in [5, 5.41) is 0. The highest BCUT2D eigenvalue weighted by molar-refractivity contribution is 9.10. The van der Waals surface area contributed by atoms with Crippen molar-refractivity contribution in [3.05, 3.63) is 57.6 Å². The van der Waals surface area contributed by atoms with E-state index in [1.54, 1.807) is 6.07 Å². The van der Waals surface area contributed by atoms with Gasteiger partial charge in [0, 0.05) is 15.6 Å². The molecule has 3 rings (SSSR count). The molecule has 3 heteroatoms. The van der Waals surface area contributed by atoms with Crippen molar-refractivity contribution in [1.29, 1.82) is 0 Å². The summed E-state index contributed by atoms with van der Waals surface area (Å²) in [5.41, 5.74) is 2.61. The van der Waals surface area contributed by atoms with Crippen LogP contribution in [0.4, 0.5) is 8.78 Å². The van der Waals surface area contributed by atoms with Gasteiger partial charge in [0.1, 0.15) is 11.6 Å². The lowest BCUT2D eigenvalue weighted by Gasteiger charge is -2.21. The van der Waals surface area contributed by atoms with Crippen LogP contribution >= 0.6 is 15.9 Å². The summed E-state index contributed by atoms with van der Waals surface area (Å²) in [4.78, 5) is 0. The van der Waals surface area contributed by atoms with Gasteiger partial charge in [0.05, 0.1) is 0 Å². The molecule has 0 atom stereocenters. The van der Waals surface area contributed by atoms with Gasteiger partial charge in [-0.2, -0.15) is 0 Å². The molecule has 0 unspecified atom stereocenters. The Morgan fingerprint density at radius 1 is 0.882 bits per heavy atom. The minimum atomic E-state index is -0.361. The van der Waals surface area contributed by atoms with Crippen LogP contribution in [0.25, 0.3) is 11.1 Å². The zero-order valence-electron chi connectivity index (χ0n) is 8.93. The Hall–Kier alpha value is -1.22. The number of hydrogen-bond acceptors (Lipinski definition) is 0. The number of fused-ring (bicyclic) bond motifs is 3. The van der Waals surface area contributed by atoms with E-state index in [0.29, 0.717) is 15.6 Å². The lowest BCUT2D eigenvalue weighted by molar-refractivity contribution is 0.609. The molecule has 0 aromatic heterocycles. The maximum absolute atomic E-state index is 14.0. The minimum absolute atomic E-state index is 0.343. The number of aryl methyl sites for hydroxylation is 2. The van der Waals surface area contributed by atoms with Gasteiger partial charge >= 0.3 is 0 Å². The van der Waals surface area contributed by atoms with Crippen LogP contribution in [0.3, 0.4) is 0 Å². The van der Waals surface area contributed by atoms with Gasteiger partial charge < -0.3 is 0 Å². The highest BCUT2D eigenvalue weighted by Crippen LogP contribution is 2.38. The van der Waals surface area contributed by atoms with Crippen LogP contribution in [-0.4, -0.2) is 0 Å². The SMILES string of the molecule is Fc1cccc2c1-c1c(F)cc(Br)cc1CC2. The fourth-order valence-electron chi connectivity index (χ4n) is 2.43. The van der Waals surface area contributed by atoms with Gasteiger partial charge in [0.25, 0.3) is 0 Å². The molecular weight excluding hydrogens is 286 g/mol. The maximum Gasteiger partial charge on any atom is 0.132 e. The third kappa shape index (κ3) is 1.69. The molecule has 0 heterocycles. The van der Waals surface area contributed by atoms with Gasteiger partial charge in [-0.15, -0.1) is 0 Å². The number of rotatable bonds is 0. The van der Waals surface area contributed by atoms with Gasteiger partial charge in [-0.25, -0.2) is 8.78 Å². The highest BCUT2D eigenvalue weighted by Gasteiger charge is 2.22. The molecule has 1 aliphatic rings. The first-order chi connectivity index (χ1) is 8.16. The Kier molecular flexibility index (Phi) is 2.51. The molecule has 2 aromatic carbocycles. The van der Waals surface area contributed by atoms with E-state index >= 15 is 0 Å². The van der Waals surface area contributed by atoms with Gasteiger partial charge in [0.15, 0.2) is 0 Å². The first-order valence-corrected chi connectivity index (χ1v) is 6.22. The van der Waals surface area contributed by atoms with Crippen molar-refractivity contribution >= 4 is 15.9 Å². The molecule has 0 radical (unpaired) electrons. The van der Waals surface area contributed by atoms with E-state index in [1.165, 1.54) is 12.1 Å². The normalized spacial score (nSPS) is 13.1. The number of benzene rings is 2. The van der Waals surface area contributed by atoms with Gasteiger partial charge in [-0.05, 0) is 42.2 Å². The molecule has 86 valence electrons. The van der Waals surface area contributed by atoms with Crippen molar-refractivity contribution in [3.8, 4) is 11.1 Å². The average Bonchev–Trinajstić information content (AvgIpc) is 2.28. The molecule has 0 amide bonds. The summed E-state index contributed by atoms with van der Waals surface area (Å²) in [7, 11) is 0. The average molecular weight is 295 g/mol. The topological polar surface area (TPSA) is 0 Å². The van der Waals surface area contributed by atoms with Gasteiger partial charge in [0.2, 0.25) is 0 Å². The zero-order chi connectivity index (χ0) is 12.0. The van der Waals surface area contributed by atoms with Crippen LogP contribution in [0.5, 0.6) is 0 Å². The molecule has 0 bridgehead atoms. The quantitative estimate of drug-likeness (QED) is 0.671. The second kappa shape index (κ2) is 3.91. The van der Waals surface area contributed by atoms with Crippen LogP contribution < -0.4 is 0 Å². The van der Waals surface area contributed by atoms with E-state index in [1.807, 2.05) is 12.1 Å². The number of halogens is 3. The molecule has 0 fully saturated rings. The fourth-order valence-corrected chi connectivity index (χ4v) is 2.91. The van der Waals surface area contributed by atoms with E-state index in [-0.39, 0.29) is 11.6 Å². The third-order valence-corrected chi connectivity index (χ3v) is 3.61. The highest BCUT2D eigenvalue weighted by atomic mass is 79.9. The van der Waals surface area contributed by atoms with Crippen LogP contribution in [0.15, 0.2) is 34.8 Å². The second-order valence-electron chi connectivity index (χ2n) is 4.20. The van der Waals surface area contributed by atoms with Crippen molar-refractivity contribution in [3.63, 3.8) is 0 Å². The van der Waals surface area contributed by atoms with E-state index in [2.05, 4.69) is 15.9 Å². The minimum Gasteiger partial charge on any atom is -0.206 e. The molecule has 0 spiro atoms. The Balaban J connectivity index is 2.36. The molecule has 0 N–H and O–H groups in total. The second-order valence-corrected chi connectivity index (χ2v) is 5.11. The maximum atomic E-state index is 14.0. The zero-order valence-corrected chi connectivity index (χ0v) is 10.5. The molecule has 17 heavy (non-hydrogen) atoms. The molecule has 0 aliphatic heterocycles. The van der Waals surface area contributed by atoms with Crippen LogP contribution in [0.1, 0.15) is 11.1 Å². The fraction of sp³-hybridized carbons (Fsp3) is 0.143. The lowest BCUT2D eigenvalue weighted by Crippen LogP contribution is -2.07. The van der Waals surface area contributed by atoms with E-state index < -0.39 is 0 Å². The summed E-state index contributed by atoms with van der Waals surface area (Å²) in [6.45, 7) is 0. The largest absolute Gasteiger partial charge is 0.206 e. The summed E-state index contributed by atoms with van der Waals surface area (Å²) >= 11 is 3.27. The Morgan fingerprint density at radius 3 is 2.41 bits per heavy atom. The van der Waals surface area contributed by atoms with Crippen molar-refractivity contribution in [2.45, 2.75) is 12.8 Å². The Bertz CT molecular complexity index is 605. The number of hydrogen-bond donors (Lipinski definition) is 0. The van der Waals surface area contributed by atoms with Crippen molar-refractivity contribution in [2.75, 3.05) is 0 Å². The van der Waals surface area contributed by atoms with Crippen molar-refractivity contribution < 1.29 is 8.78 Å². The van der Waals surface area contributed by atoms with E-state index in [9.17, 15) is 8.78 Å². The molecular formula is C14H9BrF2. The molecule has 2 aromatic rings. The Labute approximate surface area is 106 Å². The predicted octanol–water partition coefficient (Wildman–Crippen LogP) is 4.49. The monoisotopic (exact) mass is 294 g/mol. The first-order valence-electron chi connectivity index (χ1n) is 5.42. The van der Waals surface area contributed by atoms with Crippen LogP contribution in [-0.2, 0) is 12.8 Å². The van der Waals surface area contributed by atoms with E-state index in [4.69, 9.17) is 0 Å². The molecule has 0 nitrogen and oxygen atoms in total. The smallest absolute Gasteiger partial charge is 0.132 e.